The highest BCUT2D eigenvalue weighted by atomic mass is 35.5. The molecule has 0 spiro atoms. The number of carbonyl (C=O) groups is 1. The van der Waals surface area contributed by atoms with Crippen LogP contribution < -0.4 is 4.74 Å². The van der Waals surface area contributed by atoms with E-state index in [-0.39, 0.29) is 12.5 Å². The molecule has 0 bridgehead atoms. The molecule has 3 rings (SSSR count). The largest absolute Gasteiger partial charge is 0.481 e. The fourth-order valence-corrected chi connectivity index (χ4v) is 2.79. The van der Waals surface area contributed by atoms with Crippen LogP contribution in [0.2, 0.25) is 5.02 Å². The topological polar surface area (TPSA) is 68.5 Å². The van der Waals surface area contributed by atoms with Gasteiger partial charge in [0.25, 0.3) is 5.91 Å². The maximum absolute atomic E-state index is 12.5. The van der Waals surface area contributed by atoms with Crippen molar-refractivity contribution in [2.24, 2.45) is 0 Å². The maximum Gasteiger partial charge on any atom is 0.263 e. The van der Waals surface area contributed by atoms with E-state index < -0.39 is 6.10 Å². The van der Waals surface area contributed by atoms with E-state index >= 15 is 0 Å². The minimum atomic E-state index is -0.673. The Balaban J connectivity index is 1.62. The molecule has 0 aliphatic rings. The SMILES string of the molecule is Cc1cccc(-c2noc(CN(C)C(=O)[C@H](C)Oc3cccc(Cl)c3)n2)c1. The summed E-state index contributed by atoms with van der Waals surface area (Å²) in [5.74, 6) is 1.19. The average Bonchev–Trinajstić information content (AvgIpc) is 3.09. The second-order valence-electron chi connectivity index (χ2n) is 6.29. The third-order valence-corrected chi connectivity index (χ3v) is 4.18. The molecule has 0 fully saturated rings. The summed E-state index contributed by atoms with van der Waals surface area (Å²) in [6.07, 6.45) is -0.673. The number of hydrogen-bond donors (Lipinski definition) is 0. The fourth-order valence-electron chi connectivity index (χ4n) is 2.61. The predicted octanol–water partition coefficient (Wildman–Crippen LogP) is 4.12. The quantitative estimate of drug-likeness (QED) is 0.638. The minimum Gasteiger partial charge on any atom is -0.481 e. The lowest BCUT2D eigenvalue weighted by molar-refractivity contribution is -0.137. The lowest BCUT2D eigenvalue weighted by atomic mass is 10.1. The van der Waals surface area contributed by atoms with E-state index in [1.807, 2.05) is 31.2 Å². The minimum absolute atomic E-state index is 0.195. The molecular formula is C20H20ClN3O3. The first-order chi connectivity index (χ1) is 12.9. The molecule has 0 unspecified atom stereocenters. The van der Waals surface area contributed by atoms with Crippen LogP contribution in [0.25, 0.3) is 11.4 Å². The number of carbonyl (C=O) groups excluding carboxylic acids is 1. The molecule has 0 aliphatic carbocycles. The molecule has 1 heterocycles. The molecule has 2 aromatic carbocycles. The lowest BCUT2D eigenvalue weighted by Crippen LogP contribution is -2.37. The van der Waals surface area contributed by atoms with Gasteiger partial charge in [0.1, 0.15) is 5.75 Å². The van der Waals surface area contributed by atoms with Crippen LogP contribution in [0.3, 0.4) is 0 Å². The van der Waals surface area contributed by atoms with Crippen LogP contribution in [0.4, 0.5) is 0 Å². The van der Waals surface area contributed by atoms with Gasteiger partial charge in [0, 0.05) is 17.6 Å². The standard InChI is InChI=1S/C20H20ClN3O3/c1-13-6-4-7-15(10-13)19-22-18(27-23-19)12-24(3)20(25)14(2)26-17-9-5-8-16(21)11-17/h4-11,14H,12H2,1-3H3/t14-/m0/s1. The van der Waals surface area contributed by atoms with Crippen LogP contribution in [0.1, 0.15) is 18.4 Å². The summed E-state index contributed by atoms with van der Waals surface area (Å²) in [5, 5.41) is 4.54. The van der Waals surface area contributed by atoms with Crippen molar-refractivity contribution in [1.29, 1.82) is 0 Å². The number of aryl methyl sites for hydroxylation is 1. The molecule has 27 heavy (non-hydrogen) atoms. The Morgan fingerprint density at radius 1 is 1.26 bits per heavy atom. The molecule has 0 N–H and O–H groups in total. The molecule has 0 saturated carbocycles. The van der Waals surface area contributed by atoms with Crippen molar-refractivity contribution in [2.45, 2.75) is 26.5 Å². The van der Waals surface area contributed by atoms with Crippen molar-refractivity contribution in [3.63, 3.8) is 0 Å². The number of hydrogen-bond acceptors (Lipinski definition) is 5. The summed E-state index contributed by atoms with van der Waals surface area (Å²) in [4.78, 5) is 18.4. The number of amides is 1. The van der Waals surface area contributed by atoms with E-state index in [1.54, 1.807) is 38.2 Å². The van der Waals surface area contributed by atoms with E-state index in [9.17, 15) is 4.79 Å². The zero-order chi connectivity index (χ0) is 19.4. The van der Waals surface area contributed by atoms with Gasteiger partial charge in [-0.15, -0.1) is 0 Å². The molecule has 0 radical (unpaired) electrons. The Bertz CT molecular complexity index is 941. The predicted molar refractivity (Wildman–Crippen MR) is 102 cm³/mol. The van der Waals surface area contributed by atoms with Gasteiger partial charge < -0.3 is 14.2 Å². The molecule has 0 aliphatic heterocycles. The molecule has 1 aromatic heterocycles. The Morgan fingerprint density at radius 2 is 2.04 bits per heavy atom. The summed E-state index contributed by atoms with van der Waals surface area (Å²) in [6, 6.07) is 14.8. The van der Waals surface area contributed by atoms with E-state index in [1.165, 1.54) is 4.90 Å². The molecule has 6 nitrogen and oxygen atoms in total. The first-order valence-corrected chi connectivity index (χ1v) is 8.87. The third kappa shape index (κ3) is 4.86. The molecule has 3 aromatic rings. The van der Waals surface area contributed by atoms with Crippen molar-refractivity contribution < 1.29 is 14.1 Å². The number of halogens is 1. The summed E-state index contributed by atoms with van der Waals surface area (Å²) < 4.78 is 10.9. The zero-order valence-electron chi connectivity index (χ0n) is 15.3. The first kappa shape index (κ1) is 18.9. The van der Waals surface area contributed by atoms with Gasteiger partial charge in [-0.25, -0.2) is 0 Å². The third-order valence-electron chi connectivity index (χ3n) is 3.95. The number of ether oxygens (including phenoxy) is 1. The normalized spacial score (nSPS) is 11.9. The van der Waals surface area contributed by atoms with Crippen LogP contribution in [0.5, 0.6) is 5.75 Å². The summed E-state index contributed by atoms with van der Waals surface area (Å²) in [6.45, 7) is 3.88. The monoisotopic (exact) mass is 385 g/mol. The lowest BCUT2D eigenvalue weighted by Gasteiger charge is -2.20. The second-order valence-corrected chi connectivity index (χ2v) is 6.73. The number of aromatic nitrogens is 2. The van der Waals surface area contributed by atoms with Gasteiger partial charge in [0.2, 0.25) is 11.7 Å². The van der Waals surface area contributed by atoms with E-state index in [2.05, 4.69) is 10.1 Å². The van der Waals surface area contributed by atoms with Crippen LogP contribution in [0, 0.1) is 6.92 Å². The molecule has 7 heteroatoms. The van der Waals surface area contributed by atoms with Crippen molar-refractivity contribution in [3.05, 3.63) is 65.0 Å². The van der Waals surface area contributed by atoms with Crippen molar-refractivity contribution in [3.8, 4) is 17.1 Å². The zero-order valence-corrected chi connectivity index (χ0v) is 16.1. The van der Waals surface area contributed by atoms with Crippen LogP contribution in [-0.2, 0) is 11.3 Å². The van der Waals surface area contributed by atoms with Crippen molar-refractivity contribution in [1.82, 2.24) is 15.0 Å². The number of likely N-dealkylation sites (N-methyl/N-ethyl adjacent to an activating group) is 1. The van der Waals surface area contributed by atoms with E-state index in [0.717, 1.165) is 11.1 Å². The van der Waals surface area contributed by atoms with Crippen LogP contribution >= 0.6 is 11.6 Å². The number of nitrogens with zero attached hydrogens (tertiary/aromatic N) is 3. The fraction of sp³-hybridized carbons (Fsp3) is 0.250. The maximum atomic E-state index is 12.5. The second kappa shape index (κ2) is 8.22. The van der Waals surface area contributed by atoms with Gasteiger partial charge in [-0.3, -0.25) is 4.79 Å². The molecule has 1 atom stereocenters. The van der Waals surface area contributed by atoms with Crippen molar-refractivity contribution >= 4 is 17.5 Å². The van der Waals surface area contributed by atoms with E-state index in [4.69, 9.17) is 20.9 Å². The first-order valence-electron chi connectivity index (χ1n) is 8.49. The van der Waals surface area contributed by atoms with Gasteiger partial charge in [0.15, 0.2) is 6.10 Å². The van der Waals surface area contributed by atoms with E-state index in [0.29, 0.717) is 22.5 Å². The Hall–Kier alpha value is -2.86. The Kier molecular flexibility index (Phi) is 5.76. The van der Waals surface area contributed by atoms with Gasteiger partial charge in [0.05, 0.1) is 6.54 Å². The van der Waals surface area contributed by atoms with Gasteiger partial charge in [-0.05, 0) is 38.1 Å². The molecule has 1 amide bonds. The van der Waals surface area contributed by atoms with Gasteiger partial charge in [-0.2, -0.15) is 4.98 Å². The highest BCUT2D eigenvalue weighted by molar-refractivity contribution is 6.30. The highest BCUT2D eigenvalue weighted by Crippen LogP contribution is 2.20. The Morgan fingerprint density at radius 3 is 2.78 bits per heavy atom. The Labute approximate surface area is 162 Å². The summed E-state index contributed by atoms with van der Waals surface area (Å²) in [7, 11) is 1.66. The van der Waals surface area contributed by atoms with Gasteiger partial charge >= 0.3 is 0 Å². The van der Waals surface area contributed by atoms with Crippen LogP contribution in [0.15, 0.2) is 53.1 Å². The van der Waals surface area contributed by atoms with Crippen LogP contribution in [-0.4, -0.2) is 34.1 Å². The highest BCUT2D eigenvalue weighted by Gasteiger charge is 2.21. The van der Waals surface area contributed by atoms with Gasteiger partial charge in [-0.1, -0.05) is 46.6 Å². The molecule has 140 valence electrons. The van der Waals surface area contributed by atoms with Crippen molar-refractivity contribution in [2.75, 3.05) is 7.05 Å². The average molecular weight is 386 g/mol. The summed E-state index contributed by atoms with van der Waals surface area (Å²) >= 11 is 5.94. The smallest absolute Gasteiger partial charge is 0.263 e. The molecular weight excluding hydrogens is 366 g/mol. The number of rotatable bonds is 6. The molecule has 0 saturated heterocycles. The number of benzene rings is 2. The summed E-state index contributed by atoms with van der Waals surface area (Å²) in [5.41, 5.74) is 1.98.